The second-order valence-corrected chi connectivity index (χ2v) is 5.16. The minimum absolute atomic E-state index is 0.552. The molecular formula is C15H31NO2. The molecule has 108 valence electrons. The zero-order chi connectivity index (χ0) is 13.1. The first-order chi connectivity index (χ1) is 8.86. The highest BCUT2D eigenvalue weighted by Crippen LogP contribution is 2.18. The number of nitrogens with one attached hydrogen (secondary N) is 1. The van der Waals surface area contributed by atoms with Crippen molar-refractivity contribution >= 4 is 0 Å². The van der Waals surface area contributed by atoms with Crippen molar-refractivity contribution in [3.63, 3.8) is 0 Å². The highest BCUT2D eigenvalue weighted by Gasteiger charge is 2.15. The van der Waals surface area contributed by atoms with Crippen molar-refractivity contribution in [2.75, 3.05) is 26.4 Å². The highest BCUT2D eigenvalue weighted by molar-refractivity contribution is 4.70. The monoisotopic (exact) mass is 257 g/mol. The number of rotatable bonds is 11. The number of hydrogen-bond donors (Lipinski definition) is 1. The molecule has 0 aromatic heterocycles. The van der Waals surface area contributed by atoms with Gasteiger partial charge in [0.15, 0.2) is 0 Å². The van der Waals surface area contributed by atoms with Gasteiger partial charge in [0.05, 0.1) is 6.10 Å². The van der Waals surface area contributed by atoms with E-state index in [9.17, 15) is 0 Å². The molecule has 0 amide bonds. The fourth-order valence-corrected chi connectivity index (χ4v) is 2.68. The van der Waals surface area contributed by atoms with Crippen molar-refractivity contribution in [2.45, 2.75) is 70.9 Å². The lowest BCUT2D eigenvalue weighted by atomic mass is 10.0. The summed E-state index contributed by atoms with van der Waals surface area (Å²) in [6.45, 7) is 8.04. The van der Waals surface area contributed by atoms with Crippen molar-refractivity contribution < 1.29 is 9.47 Å². The van der Waals surface area contributed by atoms with Crippen LogP contribution < -0.4 is 5.32 Å². The molecule has 0 aromatic rings. The molecule has 1 aliphatic heterocycles. The van der Waals surface area contributed by atoms with Gasteiger partial charge < -0.3 is 14.8 Å². The number of hydrogen-bond acceptors (Lipinski definition) is 3. The molecule has 1 fully saturated rings. The zero-order valence-electron chi connectivity index (χ0n) is 12.2. The Labute approximate surface area is 113 Å². The van der Waals surface area contributed by atoms with Gasteiger partial charge in [0.1, 0.15) is 0 Å². The fraction of sp³-hybridized carbons (Fsp3) is 1.00. The van der Waals surface area contributed by atoms with E-state index in [1.54, 1.807) is 0 Å². The molecule has 1 heterocycles. The first-order valence-electron chi connectivity index (χ1n) is 7.79. The quantitative estimate of drug-likeness (QED) is 0.577. The molecule has 3 nitrogen and oxygen atoms in total. The van der Waals surface area contributed by atoms with Crippen molar-refractivity contribution in [3.05, 3.63) is 0 Å². The Morgan fingerprint density at radius 1 is 1.28 bits per heavy atom. The smallest absolute Gasteiger partial charge is 0.0576 e. The predicted octanol–water partition coefficient (Wildman–Crippen LogP) is 3.13. The largest absolute Gasteiger partial charge is 0.382 e. The summed E-state index contributed by atoms with van der Waals surface area (Å²) in [4.78, 5) is 0. The van der Waals surface area contributed by atoms with Gasteiger partial charge in [-0.15, -0.1) is 0 Å². The SMILES string of the molecule is CCNC(CCCOCC)CCCC1CCCO1. The van der Waals surface area contributed by atoms with Crippen LogP contribution in [0.25, 0.3) is 0 Å². The molecule has 0 aromatic carbocycles. The zero-order valence-corrected chi connectivity index (χ0v) is 12.2. The topological polar surface area (TPSA) is 30.5 Å². The van der Waals surface area contributed by atoms with Crippen molar-refractivity contribution in [3.8, 4) is 0 Å². The van der Waals surface area contributed by atoms with Crippen molar-refractivity contribution in [2.24, 2.45) is 0 Å². The Hall–Kier alpha value is -0.120. The van der Waals surface area contributed by atoms with E-state index in [0.717, 1.165) is 26.4 Å². The van der Waals surface area contributed by atoms with Gasteiger partial charge in [0.2, 0.25) is 0 Å². The lowest BCUT2D eigenvalue weighted by Crippen LogP contribution is -2.29. The van der Waals surface area contributed by atoms with Gasteiger partial charge in [-0.2, -0.15) is 0 Å². The lowest BCUT2D eigenvalue weighted by Gasteiger charge is -2.18. The molecule has 0 saturated carbocycles. The van der Waals surface area contributed by atoms with Gasteiger partial charge in [-0.05, 0) is 58.4 Å². The Bertz CT molecular complexity index is 181. The molecule has 18 heavy (non-hydrogen) atoms. The van der Waals surface area contributed by atoms with Crippen LogP contribution in [0.3, 0.4) is 0 Å². The van der Waals surface area contributed by atoms with Crippen LogP contribution in [0.5, 0.6) is 0 Å². The van der Waals surface area contributed by atoms with E-state index in [0.29, 0.717) is 12.1 Å². The summed E-state index contributed by atoms with van der Waals surface area (Å²) in [5.74, 6) is 0. The van der Waals surface area contributed by atoms with Crippen LogP contribution in [-0.2, 0) is 9.47 Å². The van der Waals surface area contributed by atoms with E-state index in [-0.39, 0.29) is 0 Å². The van der Waals surface area contributed by atoms with Gasteiger partial charge >= 0.3 is 0 Å². The average molecular weight is 257 g/mol. The van der Waals surface area contributed by atoms with Gasteiger partial charge in [0, 0.05) is 25.9 Å². The van der Waals surface area contributed by atoms with Gasteiger partial charge in [-0.3, -0.25) is 0 Å². The number of ether oxygens (including phenoxy) is 2. The van der Waals surface area contributed by atoms with E-state index in [1.807, 2.05) is 0 Å². The molecule has 0 bridgehead atoms. The fourth-order valence-electron chi connectivity index (χ4n) is 2.68. The first kappa shape index (κ1) is 15.9. The third kappa shape index (κ3) is 7.34. The molecule has 1 rings (SSSR count). The molecule has 1 N–H and O–H groups in total. The maximum Gasteiger partial charge on any atom is 0.0576 e. The van der Waals surface area contributed by atoms with Gasteiger partial charge in [-0.25, -0.2) is 0 Å². The summed E-state index contributed by atoms with van der Waals surface area (Å²) >= 11 is 0. The summed E-state index contributed by atoms with van der Waals surface area (Å²) in [6.07, 6.45) is 9.30. The van der Waals surface area contributed by atoms with E-state index < -0.39 is 0 Å². The minimum atomic E-state index is 0.552. The average Bonchev–Trinajstić information content (AvgIpc) is 2.87. The highest BCUT2D eigenvalue weighted by atomic mass is 16.5. The molecule has 2 unspecified atom stereocenters. The normalized spacial score (nSPS) is 21.3. The molecule has 1 saturated heterocycles. The minimum Gasteiger partial charge on any atom is -0.382 e. The van der Waals surface area contributed by atoms with Gasteiger partial charge in [0.25, 0.3) is 0 Å². The first-order valence-corrected chi connectivity index (χ1v) is 7.79. The molecular weight excluding hydrogens is 226 g/mol. The lowest BCUT2D eigenvalue weighted by molar-refractivity contribution is 0.101. The van der Waals surface area contributed by atoms with Crippen LogP contribution in [0.4, 0.5) is 0 Å². The third-order valence-electron chi connectivity index (χ3n) is 3.64. The van der Waals surface area contributed by atoms with Crippen LogP contribution in [0, 0.1) is 0 Å². The van der Waals surface area contributed by atoms with Crippen LogP contribution in [-0.4, -0.2) is 38.5 Å². The summed E-state index contributed by atoms with van der Waals surface area (Å²) in [6, 6.07) is 0.664. The van der Waals surface area contributed by atoms with Crippen LogP contribution in [0.15, 0.2) is 0 Å². The summed E-state index contributed by atoms with van der Waals surface area (Å²) in [5, 5.41) is 3.59. The Kier molecular flexibility index (Phi) is 9.54. The molecule has 2 atom stereocenters. The summed E-state index contributed by atoms with van der Waals surface area (Å²) in [5.41, 5.74) is 0. The van der Waals surface area contributed by atoms with Crippen LogP contribution in [0.1, 0.15) is 58.8 Å². The summed E-state index contributed by atoms with van der Waals surface area (Å²) in [7, 11) is 0. The predicted molar refractivity (Wildman–Crippen MR) is 76.0 cm³/mol. The molecule has 0 spiro atoms. The van der Waals surface area contributed by atoms with E-state index >= 15 is 0 Å². The van der Waals surface area contributed by atoms with Crippen molar-refractivity contribution in [1.82, 2.24) is 5.32 Å². The Balaban J connectivity index is 2.04. The second kappa shape index (κ2) is 10.8. The second-order valence-electron chi connectivity index (χ2n) is 5.16. The van der Waals surface area contributed by atoms with Crippen LogP contribution >= 0.6 is 0 Å². The van der Waals surface area contributed by atoms with E-state index in [1.165, 1.54) is 44.9 Å². The third-order valence-corrected chi connectivity index (χ3v) is 3.64. The molecule has 0 radical (unpaired) electrons. The van der Waals surface area contributed by atoms with Crippen molar-refractivity contribution in [1.29, 1.82) is 0 Å². The standard InChI is InChI=1S/C15H31NO2/c1-3-16-14(9-6-12-17-4-2)8-5-10-15-11-7-13-18-15/h14-16H,3-13H2,1-2H3. The van der Waals surface area contributed by atoms with E-state index in [4.69, 9.17) is 9.47 Å². The molecule has 3 heteroatoms. The maximum absolute atomic E-state index is 5.67. The van der Waals surface area contributed by atoms with Gasteiger partial charge in [-0.1, -0.05) is 6.92 Å². The molecule has 0 aliphatic carbocycles. The maximum atomic E-state index is 5.67. The van der Waals surface area contributed by atoms with Crippen LogP contribution in [0.2, 0.25) is 0 Å². The summed E-state index contributed by atoms with van der Waals surface area (Å²) < 4.78 is 11.1. The molecule has 1 aliphatic rings. The Morgan fingerprint density at radius 3 is 2.78 bits per heavy atom. The van der Waals surface area contributed by atoms with E-state index in [2.05, 4.69) is 19.2 Å². The Morgan fingerprint density at radius 2 is 2.11 bits per heavy atom.